The van der Waals surface area contributed by atoms with Gasteiger partial charge < -0.3 is 5.32 Å². The lowest BCUT2D eigenvalue weighted by molar-refractivity contribution is 0.0932. The second-order valence-corrected chi connectivity index (χ2v) is 5.42. The normalized spacial score (nSPS) is 14.1. The number of para-hydroxylation sites is 1. The van der Waals surface area contributed by atoms with Crippen molar-refractivity contribution in [2.75, 3.05) is 5.33 Å². The molecule has 0 aliphatic heterocycles. The number of alkyl halides is 1. The number of hydrogen-bond acceptors (Lipinski definition) is 2. The van der Waals surface area contributed by atoms with Crippen molar-refractivity contribution < 1.29 is 4.79 Å². The van der Waals surface area contributed by atoms with Gasteiger partial charge in [-0.15, -0.1) is 0 Å². The molecule has 1 aromatic carbocycles. The van der Waals surface area contributed by atoms with Gasteiger partial charge in [-0.3, -0.25) is 9.78 Å². The summed E-state index contributed by atoms with van der Waals surface area (Å²) in [5.74, 6) is 0.316. The Morgan fingerprint density at radius 1 is 1.32 bits per heavy atom. The Morgan fingerprint density at radius 3 is 2.79 bits per heavy atom. The minimum absolute atomic E-state index is 0.0652. The van der Waals surface area contributed by atoms with E-state index in [1.807, 2.05) is 37.3 Å². The van der Waals surface area contributed by atoms with Crippen LogP contribution in [0.15, 0.2) is 36.5 Å². The topological polar surface area (TPSA) is 42.0 Å². The molecular weight excluding hydrogens is 304 g/mol. The smallest absolute Gasteiger partial charge is 0.253 e. The first-order chi connectivity index (χ1) is 9.13. The largest absolute Gasteiger partial charge is 0.349 e. The summed E-state index contributed by atoms with van der Waals surface area (Å²) < 4.78 is 0. The third kappa shape index (κ3) is 3.13. The molecule has 0 radical (unpaired) electrons. The third-order valence-electron chi connectivity index (χ3n) is 3.33. The number of carbonyl (C=O) groups excluding carboxylic acids is 1. The van der Waals surface area contributed by atoms with E-state index in [9.17, 15) is 4.79 Å². The Bertz CT molecular complexity index is 580. The van der Waals surface area contributed by atoms with E-state index < -0.39 is 0 Å². The van der Waals surface area contributed by atoms with Crippen LogP contribution in [-0.4, -0.2) is 22.3 Å². The number of nitrogens with one attached hydrogen (secondary N) is 1. The fraction of sp³-hybridized carbons (Fsp3) is 0.333. The number of rotatable bonds is 4. The van der Waals surface area contributed by atoms with Gasteiger partial charge in [0.2, 0.25) is 0 Å². The van der Waals surface area contributed by atoms with Gasteiger partial charge in [0.05, 0.1) is 11.1 Å². The van der Waals surface area contributed by atoms with Crippen molar-refractivity contribution in [3.8, 4) is 0 Å². The molecular formula is C15H17BrN2O. The molecule has 2 rings (SSSR count). The molecule has 2 aromatic rings. The van der Waals surface area contributed by atoms with E-state index in [1.165, 1.54) is 0 Å². The number of aromatic nitrogens is 1. The second kappa shape index (κ2) is 6.15. The summed E-state index contributed by atoms with van der Waals surface area (Å²) in [5.41, 5.74) is 1.38. The molecule has 0 aliphatic carbocycles. The van der Waals surface area contributed by atoms with Crippen LogP contribution in [0.2, 0.25) is 0 Å². The fourth-order valence-corrected chi connectivity index (χ4v) is 2.41. The predicted octanol–water partition coefficient (Wildman–Crippen LogP) is 3.38. The molecule has 3 nitrogen and oxygen atoms in total. The number of pyridine rings is 1. The van der Waals surface area contributed by atoms with Crippen LogP contribution in [0.25, 0.3) is 10.9 Å². The van der Waals surface area contributed by atoms with Crippen LogP contribution in [0.1, 0.15) is 24.2 Å². The number of halogens is 1. The highest BCUT2D eigenvalue weighted by molar-refractivity contribution is 9.09. The molecule has 4 heteroatoms. The van der Waals surface area contributed by atoms with E-state index in [2.05, 4.69) is 33.2 Å². The Morgan fingerprint density at radius 2 is 2.05 bits per heavy atom. The molecule has 2 atom stereocenters. The molecule has 1 aromatic heterocycles. The Hall–Kier alpha value is -1.42. The van der Waals surface area contributed by atoms with Gasteiger partial charge >= 0.3 is 0 Å². The average Bonchev–Trinajstić information content (AvgIpc) is 2.45. The first kappa shape index (κ1) is 14.0. The fourth-order valence-electron chi connectivity index (χ4n) is 1.85. The number of nitrogens with zero attached hydrogens (tertiary/aromatic N) is 1. The van der Waals surface area contributed by atoms with Gasteiger partial charge in [0.1, 0.15) is 0 Å². The Kier molecular flexibility index (Phi) is 4.53. The van der Waals surface area contributed by atoms with Gasteiger partial charge in [-0.25, -0.2) is 0 Å². The lowest BCUT2D eigenvalue weighted by Crippen LogP contribution is -2.37. The summed E-state index contributed by atoms with van der Waals surface area (Å²) in [7, 11) is 0. The van der Waals surface area contributed by atoms with E-state index in [4.69, 9.17) is 0 Å². The quantitative estimate of drug-likeness (QED) is 0.877. The average molecular weight is 321 g/mol. The van der Waals surface area contributed by atoms with Gasteiger partial charge in [-0.2, -0.15) is 0 Å². The lowest BCUT2D eigenvalue weighted by Gasteiger charge is -2.19. The SMILES string of the molecule is CC(CBr)C(C)NC(=O)c1cccc2cccnc12. The second-order valence-electron chi connectivity index (χ2n) is 4.77. The van der Waals surface area contributed by atoms with Crippen LogP contribution in [0, 0.1) is 5.92 Å². The number of benzene rings is 1. The minimum atomic E-state index is -0.0652. The maximum Gasteiger partial charge on any atom is 0.253 e. The molecule has 1 amide bonds. The van der Waals surface area contributed by atoms with Crippen LogP contribution < -0.4 is 5.32 Å². The highest BCUT2D eigenvalue weighted by atomic mass is 79.9. The van der Waals surface area contributed by atoms with Crippen molar-refractivity contribution in [3.63, 3.8) is 0 Å². The van der Waals surface area contributed by atoms with E-state index in [-0.39, 0.29) is 11.9 Å². The Labute approximate surface area is 121 Å². The van der Waals surface area contributed by atoms with E-state index in [0.717, 1.165) is 16.2 Å². The molecule has 0 aliphatic rings. The molecule has 0 fully saturated rings. The molecule has 0 saturated carbocycles. The highest BCUT2D eigenvalue weighted by Gasteiger charge is 2.16. The van der Waals surface area contributed by atoms with E-state index in [1.54, 1.807) is 6.20 Å². The summed E-state index contributed by atoms with van der Waals surface area (Å²) >= 11 is 3.44. The number of fused-ring (bicyclic) bond motifs is 1. The molecule has 0 bridgehead atoms. The number of carbonyl (C=O) groups is 1. The maximum absolute atomic E-state index is 12.3. The van der Waals surface area contributed by atoms with Crippen LogP contribution in [0.3, 0.4) is 0 Å². The van der Waals surface area contributed by atoms with Gasteiger partial charge in [-0.05, 0) is 25.0 Å². The summed E-state index contributed by atoms with van der Waals surface area (Å²) in [6.07, 6.45) is 1.71. The van der Waals surface area contributed by atoms with Crippen LogP contribution in [0.4, 0.5) is 0 Å². The van der Waals surface area contributed by atoms with Gasteiger partial charge in [0.15, 0.2) is 0 Å². The van der Waals surface area contributed by atoms with Gasteiger partial charge in [0, 0.05) is 23.0 Å². The molecule has 1 N–H and O–H groups in total. The number of amides is 1. The summed E-state index contributed by atoms with van der Waals surface area (Å²) in [6, 6.07) is 9.62. The lowest BCUT2D eigenvalue weighted by atomic mass is 10.0. The van der Waals surface area contributed by atoms with Gasteiger partial charge in [0.25, 0.3) is 5.91 Å². The van der Waals surface area contributed by atoms with Crippen molar-refractivity contribution in [1.29, 1.82) is 0 Å². The van der Waals surface area contributed by atoms with Crippen molar-refractivity contribution in [2.24, 2.45) is 5.92 Å². The van der Waals surface area contributed by atoms with Crippen LogP contribution >= 0.6 is 15.9 Å². The summed E-state index contributed by atoms with van der Waals surface area (Å²) in [4.78, 5) is 16.6. The number of hydrogen-bond donors (Lipinski definition) is 1. The van der Waals surface area contributed by atoms with Crippen molar-refractivity contribution in [3.05, 3.63) is 42.1 Å². The first-order valence-corrected chi connectivity index (χ1v) is 7.46. The highest BCUT2D eigenvalue weighted by Crippen LogP contribution is 2.16. The zero-order valence-electron chi connectivity index (χ0n) is 11.1. The maximum atomic E-state index is 12.3. The van der Waals surface area contributed by atoms with Crippen molar-refractivity contribution in [1.82, 2.24) is 10.3 Å². The zero-order chi connectivity index (χ0) is 13.8. The molecule has 0 spiro atoms. The Balaban J connectivity index is 2.27. The first-order valence-electron chi connectivity index (χ1n) is 6.34. The molecule has 0 saturated heterocycles. The van der Waals surface area contributed by atoms with Crippen molar-refractivity contribution in [2.45, 2.75) is 19.9 Å². The molecule has 2 unspecified atom stereocenters. The molecule has 100 valence electrons. The summed E-state index contributed by atoms with van der Waals surface area (Å²) in [6.45, 7) is 4.11. The molecule has 1 heterocycles. The summed E-state index contributed by atoms with van der Waals surface area (Å²) in [5, 5.41) is 4.88. The van der Waals surface area contributed by atoms with Crippen LogP contribution in [0.5, 0.6) is 0 Å². The minimum Gasteiger partial charge on any atom is -0.349 e. The van der Waals surface area contributed by atoms with E-state index >= 15 is 0 Å². The third-order valence-corrected chi connectivity index (χ3v) is 4.35. The zero-order valence-corrected chi connectivity index (χ0v) is 12.6. The van der Waals surface area contributed by atoms with Crippen molar-refractivity contribution >= 4 is 32.7 Å². The van der Waals surface area contributed by atoms with E-state index in [0.29, 0.717) is 11.5 Å². The van der Waals surface area contributed by atoms with Gasteiger partial charge in [-0.1, -0.05) is 41.1 Å². The monoisotopic (exact) mass is 320 g/mol. The standard InChI is InChI=1S/C15H17BrN2O/c1-10(9-16)11(2)18-15(19)13-7-3-5-12-6-4-8-17-14(12)13/h3-8,10-11H,9H2,1-2H3,(H,18,19). The predicted molar refractivity (Wildman–Crippen MR) is 81.6 cm³/mol. The van der Waals surface area contributed by atoms with Crippen LogP contribution in [-0.2, 0) is 0 Å². The molecule has 19 heavy (non-hydrogen) atoms.